The van der Waals surface area contributed by atoms with Crippen LogP contribution in [0.5, 0.6) is 0 Å². The molecule has 1 unspecified atom stereocenters. The molecule has 8 heteroatoms. The van der Waals surface area contributed by atoms with Crippen molar-refractivity contribution in [3.63, 3.8) is 0 Å². The van der Waals surface area contributed by atoms with Crippen LogP contribution in [0.3, 0.4) is 0 Å². The van der Waals surface area contributed by atoms with Crippen LogP contribution in [-0.2, 0) is 6.42 Å². The molecule has 0 bridgehead atoms. The third-order valence-corrected chi connectivity index (χ3v) is 5.78. The number of rotatable bonds is 4. The monoisotopic (exact) mass is 418 g/mol. The molecule has 0 saturated heterocycles. The molecule has 162 valence electrons. The fraction of sp³-hybridized carbons (Fsp3) is 0.348. The van der Waals surface area contributed by atoms with Gasteiger partial charge in [-0.2, -0.15) is 0 Å². The van der Waals surface area contributed by atoms with Gasteiger partial charge in [0.2, 0.25) is 0 Å². The third kappa shape index (κ3) is 3.98. The van der Waals surface area contributed by atoms with E-state index in [1.54, 1.807) is 6.20 Å². The van der Waals surface area contributed by atoms with Crippen LogP contribution in [-0.4, -0.2) is 27.0 Å². The molecule has 3 aromatic heterocycles. The lowest BCUT2D eigenvalue weighted by molar-refractivity contribution is 0.343. The number of nitrogens with two attached hydrogens (primary N) is 1. The number of aromatic nitrogens is 3. The maximum absolute atomic E-state index is 6.19. The largest absolute Gasteiger partial charge is 0.383 e. The molecular formula is C23H30N8. The highest BCUT2D eigenvalue weighted by Gasteiger charge is 2.22. The molecule has 8 nitrogen and oxygen atoms in total. The van der Waals surface area contributed by atoms with E-state index >= 15 is 0 Å². The number of nitrogens with zero attached hydrogens (tertiary/aromatic N) is 4. The minimum absolute atomic E-state index is 0.458. The molecule has 3 aromatic rings. The Morgan fingerprint density at radius 1 is 1.16 bits per heavy atom. The third-order valence-electron chi connectivity index (χ3n) is 5.78. The molecule has 2 aliphatic rings. The SMILES string of the molecule is CC.CCC1CCc2cnc(Nc3cc4cc(C5=CNNN5C)nc(N)c4cn3)cc21. The van der Waals surface area contributed by atoms with Gasteiger partial charge < -0.3 is 16.5 Å². The van der Waals surface area contributed by atoms with E-state index in [0.29, 0.717) is 11.7 Å². The number of anilines is 3. The zero-order chi connectivity index (χ0) is 22.0. The molecule has 31 heavy (non-hydrogen) atoms. The van der Waals surface area contributed by atoms with Crippen molar-refractivity contribution < 1.29 is 0 Å². The van der Waals surface area contributed by atoms with Gasteiger partial charge in [0, 0.05) is 31.0 Å². The van der Waals surface area contributed by atoms with Crippen LogP contribution in [0, 0.1) is 0 Å². The Hall–Kier alpha value is -3.39. The first-order valence-electron chi connectivity index (χ1n) is 10.9. The van der Waals surface area contributed by atoms with Gasteiger partial charge in [-0.25, -0.2) is 15.0 Å². The van der Waals surface area contributed by atoms with Crippen molar-refractivity contribution in [2.24, 2.45) is 0 Å². The number of aryl methyl sites for hydroxylation is 1. The van der Waals surface area contributed by atoms with E-state index in [4.69, 9.17) is 5.73 Å². The van der Waals surface area contributed by atoms with E-state index in [-0.39, 0.29) is 0 Å². The minimum Gasteiger partial charge on any atom is -0.383 e. The van der Waals surface area contributed by atoms with E-state index in [9.17, 15) is 0 Å². The number of nitrogen functional groups attached to an aromatic ring is 1. The van der Waals surface area contributed by atoms with Crippen molar-refractivity contribution in [3.8, 4) is 0 Å². The summed E-state index contributed by atoms with van der Waals surface area (Å²) in [4.78, 5) is 13.6. The molecular weight excluding hydrogens is 388 g/mol. The Labute approximate surface area is 182 Å². The first-order valence-corrected chi connectivity index (χ1v) is 10.9. The molecule has 0 spiro atoms. The van der Waals surface area contributed by atoms with Gasteiger partial charge in [-0.05, 0) is 59.9 Å². The number of nitrogens with one attached hydrogen (secondary N) is 3. The Morgan fingerprint density at radius 3 is 2.68 bits per heavy atom. The highest BCUT2D eigenvalue weighted by atomic mass is 15.7. The molecule has 0 amide bonds. The zero-order valence-electron chi connectivity index (χ0n) is 18.5. The quantitative estimate of drug-likeness (QED) is 0.503. The number of hydrogen-bond donors (Lipinski definition) is 4. The predicted molar refractivity (Wildman–Crippen MR) is 126 cm³/mol. The molecule has 0 radical (unpaired) electrons. The number of pyridine rings is 3. The van der Waals surface area contributed by atoms with Gasteiger partial charge >= 0.3 is 0 Å². The van der Waals surface area contributed by atoms with Crippen LogP contribution in [0.15, 0.2) is 36.8 Å². The maximum atomic E-state index is 6.19. The van der Waals surface area contributed by atoms with Gasteiger partial charge in [-0.3, -0.25) is 5.01 Å². The average molecular weight is 419 g/mol. The lowest BCUT2D eigenvalue weighted by atomic mass is 10.00. The second-order valence-electron chi connectivity index (χ2n) is 7.57. The summed E-state index contributed by atoms with van der Waals surface area (Å²) in [5, 5.41) is 7.01. The Bertz CT molecular complexity index is 1120. The Balaban J connectivity index is 0.00000112. The highest BCUT2D eigenvalue weighted by Crippen LogP contribution is 2.36. The molecule has 5 N–H and O–H groups in total. The molecule has 0 saturated carbocycles. The van der Waals surface area contributed by atoms with Gasteiger partial charge in [0.05, 0.1) is 11.4 Å². The molecule has 0 fully saturated rings. The first-order chi connectivity index (χ1) is 15.1. The topological polar surface area (TPSA) is 104 Å². The fourth-order valence-electron chi connectivity index (χ4n) is 4.17. The Kier molecular flexibility index (Phi) is 5.90. The van der Waals surface area contributed by atoms with E-state index in [1.807, 2.05) is 50.4 Å². The van der Waals surface area contributed by atoms with E-state index < -0.39 is 0 Å². The van der Waals surface area contributed by atoms with Crippen LogP contribution in [0.25, 0.3) is 16.5 Å². The van der Waals surface area contributed by atoms with E-state index in [2.05, 4.69) is 44.2 Å². The molecule has 5 rings (SSSR count). The summed E-state index contributed by atoms with van der Waals surface area (Å²) in [6.07, 6.45) is 9.11. The summed E-state index contributed by atoms with van der Waals surface area (Å²) in [5.74, 6) is 2.65. The van der Waals surface area contributed by atoms with E-state index in [1.165, 1.54) is 17.5 Å². The van der Waals surface area contributed by atoms with Crippen molar-refractivity contribution in [1.29, 1.82) is 0 Å². The summed E-state index contributed by atoms with van der Waals surface area (Å²) in [7, 11) is 1.91. The van der Waals surface area contributed by atoms with Gasteiger partial charge in [0.1, 0.15) is 17.5 Å². The Morgan fingerprint density at radius 2 is 1.94 bits per heavy atom. The molecule has 0 aromatic carbocycles. The minimum atomic E-state index is 0.458. The second kappa shape index (κ2) is 8.77. The smallest absolute Gasteiger partial charge is 0.133 e. The number of hydrogen-bond acceptors (Lipinski definition) is 8. The molecule has 1 atom stereocenters. The van der Waals surface area contributed by atoms with Crippen molar-refractivity contribution in [2.75, 3.05) is 18.1 Å². The molecule has 1 aliphatic carbocycles. The lowest BCUT2D eigenvalue weighted by Crippen LogP contribution is -2.33. The summed E-state index contributed by atoms with van der Waals surface area (Å²) in [6, 6.07) is 6.17. The van der Waals surface area contributed by atoms with Gasteiger partial charge in [0.25, 0.3) is 0 Å². The van der Waals surface area contributed by atoms with Crippen LogP contribution in [0.1, 0.15) is 56.4 Å². The lowest BCUT2D eigenvalue weighted by Gasteiger charge is -2.15. The molecule has 4 heterocycles. The number of hydrazine groups is 2. The van der Waals surface area contributed by atoms with Crippen molar-refractivity contribution in [2.45, 2.75) is 46.0 Å². The van der Waals surface area contributed by atoms with Crippen LogP contribution in [0.2, 0.25) is 0 Å². The summed E-state index contributed by atoms with van der Waals surface area (Å²) >= 11 is 0. The second-order valence-corrected chi connectivity index (χ2v) is 7.57. The zero-order valence-corrected chi connectivity index (χ0v) is 18.5. The van der Waals surface area contributed by atoms with Crippen molar-refractivity contribution in [1.82, 2.24) is 30.9 Å². The van der Waals surface area contributed by atoms with Gasteiger partial charge in [-0.1, -0.05) is 20.8 Å². The first kappa shape index (κ1) is 20.9. The van der Waals surface area contributed by atoms with Crippen molar-refractivity contribution in [3.05, 3.63) is 53.6 Å². The average Bonchev–Trinajstić information content (AvgIpc) is 3.40. The normalized spacial score (nSPS) is 17.0. The summed E-state index contributed by atoms with van der Waals surface area (Å²) in [5.41, 5.74) is 16.6. The summed E-state index contributed by atoms with van der Waals surface area (Å²) in [6.45, 7) is 6.25. The highest BCUT2D eigenvalue weighted by molar-refractivity contribution is 5.93. The standard InChI is InChI=1S/C21H24N8.C2H6/c1-3-12-4-5-13-9-23-20(8-15(12)13)27-19-7-14-6-17(18-11-25-28-29(18)2)26-21(22)16(14)10-24-19;1-2/h6-12,25,28H,3-5H2,1-2H3,(H2,22,26)(H,23,24,27);1-2H3. The van der Waals surface area contributed by atoms with Crippen LogP contribution >= 0.6 is 0 Å². The predicted octanol–water partition coefficient (Wildman–Crippen LogP) is 4.07. The summed E-state index contributed by atoms with van der Waals surface area (Å²) < 4.78 is 0. The molecule has 1 aliphatic heterocycles. The van der Waals surface area contributed by atoms with Crippen LogP contribution in [0.4, 0.5) is 17.5 Å². The van der Waals surface area contributed by atoms with Crippen LogP contribution < -0.4 is 22.0 Å². The fourth-order valence-corrected chi connectivity index (χ4v) is 4.17. The van der Waals surface area contributed by atoms with Gasteiger partial charge in [0.15, 0.2) is 0 Å². The van der Waals surface area contributed by atoms with Crippen molar-refractivity contribution >= 4 is 33.9 Å². The maximum Gasteiger partial charge on any atom is 0.133 e. The number of fused-ring (bicyclic) bond motifs is 2. The van der Waals surface area contributed by atoms with Gasteiger partial charge in [-0.15, -0.1) is 5.53 Å². The van der Waals surface area contributed by atoms with E-state index in [0.717, 1.165) is 46.6 Å².